The van der Waals surface area contributed by atoms with E-state index in [0.717, 1.165) is 35.6 Å². The molecule has 1 aromatic carbocycles. The predicted octanol–water partition coefficient (Wildman–Crippen LogP) is 4.86. The van der Waals surface area contributed by atoms with Gasteiger partial charge in [0.15, 0.2) is 0 Å². The van der Waals surface area contributed by atoms with Gasteiger partial charge in [-0.25, -0.2) is 0 Å². The van der Waals surface area contributed by atoms with Gasteiger partial charge in [-0.1, -0.05) is 41.8 Å². The van der Waals surface area contributed by atoms with Crippen LogP contribution in [0.2, 0.25) is 0 Å². The molecule has 1 heterocycles. The summed E-state index contributed by atoms with van der Waals surface area (Å²) in [5, 5.41) is 10.2. The van der Waals surface area contributed by atoms with Gasteiger partial charge in [-0.3, -0.25) is 0 Å². The van der Waals surface area contributed by atoms with Crippen LogP contribution in [0.1, 0.15) is 50.2 Å². The molecule has 1 atom stereocenters. The van der Waals surface area contributed by atoms with Crippen molar-refractivity contribution >= 4 is 21.6 Å². The highest BCUT2D eigenvalue weighted by Gasteiger charge is 2.18. The number of alkyl halides is 1. The molecule has 2 rings (SSSR count). The Morgan fingerprint density at radius 2 is 2.20 bits per heavy atom. The first-order valence-electron chi connectivity index (χ1n) is 7.62. The number of halogens is 1. The van der Waals surface area contributed by atoms with Crippen LogP contribution in [-0.2, 0) is 5.33 Å². The second kappa shape index (κ2) is 7.69. The van der Waals surface area contributed by atoms with Crippen LogP contribution in [0.4, 0.5) is 5.69 Å². The van der Waals surface area contributed by atoms with E-state index in [0.29, 0.717) is 0 Å². The maximum absolute atomic E-state index is 9.38. The van der Waals surface area contributed by atoms with Crippen molar-refractivity contribution < 1.29 is 0 Å². The van der Waals surface area contributed by atoms with E-state index in [9.17, 15) is 5.26 Å². The summed E-state index contributed by atoms with van der Waals surface area (Å²) in [5.41, 5.74) is 3.11. The average molecular weight is 335 g/mol. The Balaban J connectivity index is 2.13. The monoisotopic (exact) mass is 334 g/mol. The van der Waals surface area contributed by atoms with Gasteiger partial charge in [0.1, 0.15) is 6.07 Å². The molecule has 20 heavy (non-hydrogen) atoms. The molecule has 0 aliphatic carbocycles. The van der Waals surface area contributed by atoms with Crippen molar-refractivity contribution in [2.45, 2.75) is 44.4 Å². The first-order valence-corrected chi connectivity index (χ1v) is 8.74. The van der Waals surface area contributed by atoms with Gasteiger partial charge in [0.2, 0.25) is 0 Å². The molecule has 1 aliphatic heterocycles. The smallest absolute Gasteiger partial charge is 0.101 e. The molecule has 0 spiro atoms. The molecule has 2 nitrogen and oxygen atoms in total. The second-order valence-electron chi connectivity index (χ2n) is 5.67. The minimum atomic E-state index is 0.806. The molecule has 1 saturated heterocycles. The van der Waals surface area contributed by atoms with Gasteiger partial charge in [-0.2, -0.15) is 5.26 Å². The highest BCUT2D eigenvalue weighted by Crippen LogP contribution is 2.28. The summed E-state index contributed by atoms with van der Waals surface area (Å²) in [5.74, 6) is 0.873. The second-order valence-corrected chi connectivity index (χ2v) is 6.23. The van der Waals surface area contributed by atoms with Crippen LogP contribution in [0, 0.1) is 17.2 Å². The normalized spacial score (nSPS) is 19.4. The number of rotatable bonds is 4. The lowest BCUT2D eigenvalue weighted by molar-refractivity contribution is 0.435. The molecule has 1 aliphatic rings. The third-order valence-corrected chi connectivity index (χ3v) is 4.87. The van der Waals surface area contributed by atoms with E-state index in [1.54, 1.807) is 0 Å². The first-order chi connectivity index (χ1) is 9.78. The van der Waals surface area contributed by atoms with E-state index in [1.807, 2.05) is 6.07 Å². The van der Waals surface area contributed by atoms with Crippen LogP contribution in [0.25, 0.3) is 0 Å². The Bertz CT molecular complexity index is 478. The largest absolute Gasteiger partial charge is 0.370 e. The number of hydrogen-bond acceptors (Lipinski definition) is 2. The maximum atomic E-state index is 9.38. The molecule has 0 N–H and O–H groups in total. The standard InChI is InChI=1S/C17H23BrN2/c1-2-4-14-5-3-9-20(10-8-14)17-7-6-15(12-18)11-16(17)13-19/h6-7,11,14H,2-5,8-10,12H2,1H3. The van der Waals surface area contributed by atoms with Crippen molar-refractivity contribution in [2.24, 2.45) is 5.92 Å². The molecule has 0 aromatic heterocycles. The minimum absolute atomic E-state index is 0.806. The Kier molecular flexibility index (Phi) is 5.91. The van der Waals surface area contributed by atoms with Gasteiger partial charge in [0.05, 0.1) is 11.3 Å². The van der Waals surface area contributed by atoms with Gasteiger partial charge in [0, 0.05) is 18.4 Å². The van der Waals surface area contributed by atoms with Crippen LogP contribution in [0.15, 0.2) is 18.2 Å². The molecule has 0 radical (unpaired) electrons. The number of benzene rings is 1. The zero-order valence-electron chi connectivity index (χ0n) is 12.2. The van der Waals surface area contributed by atoms with Crippen LogP contribution in [0.3, 0.4) is 0 Å². The lowest BCUT2D eigenvalue weighted by Gasteiger charge is -2.24. The summed E-state index contributed by atoms with van der Waals surface area (Å²) >= 11 is 3.46. The average Bonchev–Trinajstić information content (AvgIpc) is 2.72. The molecular formula is C17H23BrN2. The summed E-state index contributed by atoms with van der Waals surface area (Å²) in [6.45, 7) is 4.45. The van der Waals surface area contributed by atoms with Crippen LogP contribution in [-0.4, -0.2) is 13.1 Å². The van der Waals surface area contributed by atoms with Gasteiger partial charge in [-0.05, 0) is 42.9 Å². The van der Waals surface area contributed by atoms with Crippen molar-refractivity contribution in [3.05, 3.63) is 29.3 Å². The summed E-state index contributed by atoms with van der Waals surface area (Å²) in [7, 11) is 0. The third kappa shape index (κ3) is 3.76. The number of nitriles is 1. The first kappa shape index (κ1) is 15.4. The summed E-state index contributed by atoms with van der Waals surface area (Å²) in [4.78, 5) is 2.41. The van der Waals surface area contributed by atoms with E-state index in [1.165, 1.54) is 37.7 Å². The Hall–Kier alpha value is -1.01. The Morgan fingerprint density at radius 3 is 2.90 bits per heavy atom. The molecule has 1 unspecified atom stereocenters. The van der Waals surface area contributed by atoms with Gasteiger partial charge in [-0.15, -0.1) is 0 Å². The molecule has 0 bridgehead atoms. The Labute approximate surface area is 130 Å². The van der Waals surface area contributed by atoms with Crippen molar-refractivity contribution in [3.63, 3.8) is 0 Å². The molecular weight excluding hydrogens is 312 g/mol. The summed E-state index contributed by atoms with van der Waals surface area (Å²) < 4.78 is 0. The van der Waals surface area contributed by atoms with Crippen molar-refractivity contribution in [1.29, 1.82) is 5.26 Å². The SMILES string of the molecule is CCCC1CCCN(c2ccc(CBr)cc2C#N)CC1. The van der Waals surface area contributed by atoms with E-state index in [4.69, 9.17) is 0 Å². The van der Waals surface area contributed by atoms with Crippen LogP contribution in [0.5, 0.6) is 0 Å². The molecule has 3 heteroatoms. The lowest BCUT2D eigenvalue weighted by atomic mass is 9.96. The Morgan fingerprint density at radius 1 is 1.35 bits per heavy atom. The fourth-order valence-electron chi connectivity index (χ4n) is 3.13. The fraction of sp³-hybridized carbons (Fsp3) is 0.588. The number of anilines is 1. The van der Waals surface area contributed by atoms with E-state index in [2.05, 4.69) is 46.0 Å². The summed E-state index contributed by atoms with van der Waals surface area (Å²) in [6.07, 6.45) is 6.48. The highest BCUT2D eigenvalue weighted by atomic mass is 79.9. The fourth-order valence-corrected chi connectivity index (χ4v) is 3.48. The van der Waals surface area contributed by atoms with Crippen LogP contribution >= 0.6 is 15.9 Å². The number of nitrogens with zero attached hydrogens (tertiary/aromatic N) is 2. The summed E-state index contributed by atoms with van der Waals surface area (Å²) in [6, 6.07) is 8.62. The molecule has 0 amide bonds. The van der Waals surface area contributed by atoms with E-state index in [-0.39, 0.29) is 0 Å². The molecule has 1 aromatic rings. The quantitative estimate of drug-likeness (QED) is 0.735. The van der Waals surface area contributed by atoms with E-state index < -0.39 is 0 Å². The number of hydrogen-bond donors (Lipinski definition) is 0. The highest BCUT2D eigenvalue weighted by molar-refractivity contribution is 9.08. The maximum Gasteiger partial charge on any atom is 0.101 e. The van der Waals surface area contributed by atoms with Gasteiger partial charge in [0.25, 0.3) is 0 Å². The molecule has 108 valence electrons. The third-order valence-electron chi connectivity index (χ3n) is 4.22. The topological polar surface area (TPSA) is 27.0 Å². The van der Waals surface area contributed by atoms with Crippen molar-refractivity contribution in [2.75, 3.05) is 18.0 Å². The zero-order chi connectivity index (χ0) is 14.4. The van der Waals surface area contributed by atoms with Crippen molar-refractivity contribution in [1.82, 2.24) is 0 Å². The predicted molar refractivity (Wildman–Crippen MR) is 88.3 cm³/mol. The molecule has 1 fully saturated rings. The van der Waals surface area contributed by atoms with Gasteiger partial charge < -0.3 is 4.90 Å². The minimum Gasteiger partial charge on any atom is -0.370 e. The van der Waals surface area contributed by atoms with Crippen LogP contribution < -0.4 is 4.90 Å². The van der Waals surface area contributed by atoms with E-state index >= 15 is 0 Å². The van der Waals surface area contributed by atoms with Gasteiger partial charge >= 0.3 is 0 Å². The molecule has 0 saturated carbocycles. The zero-order valence-corrected chi connectivity index (χ0v) is 13.8. The lowest BCUT2D eigenvalue weighted by Crippen LogP contribution is -2.25. The van der Waals surface area contributed by atoms with Crippen molar-refractivity contribution in [3.8, 4) is 6.07 Å².